The van der Waals surface area contributed by atoms with E-state index in [4.69, 9.17) is 4.74 Å². The smallest absolute Gasteiger partial charge is 0.163 e. The van der Waals surface area contributed by atoms with Gasteiger partial charge in [-0.1, -0.05) is 13.8 Å². The summed E-state index contributed by atoms with van der Waals surface area (Å²) in [5.41, 5.74) is 0.427. The molecule has 0 saturated heterocycles. The number of nitrogens with zero attached hydrogens (tertiary/aromatic N) is 1. The molecule has 0 saturated carbocycles. The Balaban J connectivity index is 2.66. The van der Waals surface area contributed by atoms with Gasteiger partial charge in [0.2, 0.25) is 0 Å². The van der Waals surface area contributed by atoms with Gasteiger partial charge in [0.25, 0.3) is 0 Å². The molecule has 0 amide bonds. The van der Waals surface area contributed by atoms with Crippen molar-refractivity contribution in [3.05, 3.63) is 29.6 Å². The van der Waals surface area contributed by atoms with Crippen LogP contribution in [-0.4, -0.2) is 36.9 Å². The average molecular weight is 253 g/mol. The maximum Gasteiger partial charge on any atom is 0.163 e. The molecule has 0 unspecified atom stereocenters. The molecule has 1 aromatic carbocycles. The third kappa shape index (κ3) is 4.11. The molecule has 4 heteroatoms. The van der Waals surface area contributed by atoms with Crippen molar-refractivity contribution in [2.45, 2.75) is 20.8 Å². The third-order valence-electron chi connectivity index (χ3n) is 2.88. The van der Waals surface area contributed by atoms with E-state index in [1.165, 1.54) is 25.1 Å². The number of hydrogen-bond donors (Lipinski definition) is 0. The van der Waals surface area contributed by atoms with Gasteiger partial charge in [-0.15, -0.1) is 0 Å². The molecular weight excluding hydrogens is 233 g/mol. The molecule has 0 aliphatic carbocycles. The lowest BCUT2D eigenvalue weighted by atomic mass is 10.1. The van der Waals surface area contributed by atoms with Gasteiger partial charge in [-0.3, -0.25) is 4.79 Å². The van der Waals surface area contributed by atoms with Crippen LogP contribution in [0.3, 0.4) is 0 Å². The second kappa shape index (κ2) is 7.11. The van der Waals surface area contributed by atoms with Crippen LogP contribution in [0.4, 0.5) is 4.39 Å². The normalized spacial score (nSPS) is 10.7. The van der Waals surface area contributed by atoms with Gasteiger partial charge < -0.3 is 9.64 Å². The molecule has 18 heavy (non-hydrogen) atoms. The molecule has 1 aromatic rings. The zero-order valence-electron chi connectivity index (χ0n) is 11.2. The van der Waals surface area contributed by atoms with Gasteiger partial charge in [0.05, 0.1) is 5.56 Å². The van der Waals surface area contributed by atoms with E-state index in [0.29, 0.717) is 17.9 Å². The maximum atomic E-state index is 13.1. The predicted molar refractivity (Wildman–Crippen MR) is 69.7 cm³/mol. The Morgan fingerprint density at radius 1 is 1.33 bits per heavy atom. The summed E-state index contributed by atoms with van der Waals surface area (Å²) in [4.78, 5) is 13.6. The fourth-order valence-corrected chi connectivity index (χ4v) is 1.73. The highest BCUT2D eigenvalue weighted by atomic mass is 19.1. The molecule has 3 nitrogen and oxygen atoms in total. The zero-order chi connectivity index (χ0) is 13.5. The first-order chi connectivity index (χ1) is 8.58. The van der Waals surface area contributed by atoms with Crippen LogP contribution in [0.15, 0.2) is 18.2 Å². The van der Waals surface area contributed by atoms with E-state index < -0.39 is 5.82 Å². The van der Waals surface area contributed by atoms with E-state index in [1.807, 2.05) is 0 Å². The average Bonchev–Trinajstić information content (AvgIpc) is 2.34. The van der Waals surface area contributed by atoms with Gasteiger partial charge in [0.15, 0.2) is 5.78 Å². The van der Waals surface area contributed by atoms with Crippen molar-refractivity contribution < 1.29 is 13.9 Å². The second-order valence-corrected chi connectivity index (χ2v) is 4.07. The Bertz CT molecular complexity index is 403. The zero-order valence-corrected chi connectivity index (χ0v) is 11.2. The van der Waals surface area contributed by atoms with Crippen LogP contribution in [0.25, 0.3) is 0 Å². The highest BCUT2D eigenvalue weighted by molar-refractivity contribution is 5.96. The maximum absolute atomic E-state index is 13.1. The summed E-state index contributed by atoms with van der Waals surface area (Å²) >= 11 is 0. The molecule has 0 spiro atoms. The minimum absolute atomic E-state index is 0.118. The lowest BCUT2D eigenvalue weighted by Crippen LogP contribution is -2.28. The van der Waals surface area contributed by atoms with Crippen molar-refractivity contribution >= 4 is 5.78 Å². The molecule has 0 atom stereocenters. The number of benzene rings is 1. The minimum atomic E-state index is -0.391. The number of ketones is 1. The van der Waals surface area contributed by atoms with Crippen molar-refractivity contribution in [1.29, 1.82) is 0 Å². The van der Waals surface area contributed by atoms with E-state index in [0.717, 1.165) is 19.6 Å². The highest BCUT2D eigenvalue weighted by Crippen LogP contribution is 2.20. The lowest BCUT2D eigenvalue weighted by molar-refractivity contribution is 0.101. The fraction of sp³-hybridized carbons (Fsp3) is 0.500. The van der Waals surface area contributed by atoms with Crippen LogP contribution in [0.5, 0.6) is 5.75 Å². The molecule has 0 radical (unpaired) electrons. The van der Waals surface area contributed by atoms with Crippen molar-refractivity contribution in [3.8, 4) is 5.75 Å². The number of likely N-dealkylation sites (N-methyl/N-ethyl adjacent to an activating group) is 1. The Morgan fingerprint density at radius 3 is 2.56 bits per heavy atom. The van der Waals surface area contributed by atoms with E-state index in [2.05, 4.69) is 18.7 Å². The molecule has 0 aliphatic heterocycles. The van der Waals surface area contributed by atoms with Crippen LogP contribution in [0.1, 0.15) is 31.1 Å². The molecule has 0 heterocycles. The molecular formula is C14H20FNO2. The summed E-state index contributed by atoms with van der Waals surface area (Å²) in [6.07, 6.45) is 0. The summed E-state index contributed by atoms with van der Waals surface area (Å²) in [5.74, 6) is -0.180. The van der Waals surface area contributed by atoms with Gasteiger partial charge in [0, 0.05) is 12.6 Å². The summed E-state index contributed by atoms with van der Waals surface area (Å²) in [7, 11) is 0. The summed E-state index contributed by atoms with van der Waals surface area (Å²) in [6.45, 7) is 8.71. The van der Waals surface area contributed by atoms with Crippen LogP contribution in [-0.2, 0) is 0 Å². The summed E-state index contributed by atoms with van der Waals surface area (Å²) < 4.78 is 18.6. The Hall–Kier alpha value is -1.42. The van der Waals surface area contributed by atoms with Crippen LogP contribution < -0.4 is 4.74 Å². The summed E-state index contributed by atoms with van der Waals surface area (Å²) in [6, 6.07) is 4.00. The molecule has 100 valence electrons. The number of hydrogen-bond acceptors (Lipinski definition) is 3. The summed E-state index contributed by atoms with van der Waals surface area (Å²) in [5, 5.41) is 0. The highest BCUT2D eigenvalue weighted by Gasteiger charge is 2.10. The topological polar surface area (TPSA) is 29.5 Å². The van der Waals surface area contributed by atoms with Crippen molar-refractivity contribution in [2.75, 3.05) is 26.2 Å². The quantitative estimate of drug-likeness (QED) is 0.700. The Labute approximate surface area is 108 Å². The van der Waals surface area contributed by atoms with Crippen LogP contribution in [0.2, 0.25) is 0 Å². The Morgan fingerprint density at radius 2 is 2.00 bits per heavy atom. The number of Topliss-reactive ketones (excluding diaryl/α,β-unsaturated/α-hetero) is 1. The first kappa shape index (κ1) is 14.6. The van der Waals surface area contributed by atoms with Crippen molar-refractivity contribution in [3.63, 3.8) is 0 Å². The first-order valence-electron chi connectivity index (χ1n) is 6.24. The molecule has 0 aromatic heterocycles. The van der Waals surface area contributed by atoms with E-state index >= 15 is 0 Å². The van der Waals surface area contributed by atoms with Crippen molar-refractivity contribution in [1.82, 2.24) is 4.90 Å². The van der Waals surface area contributed by atoms with Gasteiger partial charge >= 0.3 is 0 Å². The molecule has 1 rings (SSSR count). The van der Waals surface area contributed by atoms with E-state index in [9.17, 15) is 9.18 Å². The van der Waals surface area contributed by atoms with Gasteiger partial charge in [-0.25, -0.2) is 4.39 Å². The predicted octanol–water partition coefficient (Wildman–Crippen LogP) is 2.75. The van der Waals surface area contributed by atoms with Crippen LogP contribution in [0, 0.1) is 5.82 Å². The lowest BCUT2D eigenvalue weighted by Gasteiger charge is -2.18. The number of carbonyl (C=O) groups is 1. The fourth-order valence-electron chi connectivity index (χ4n) is 1.73. The first-order valence-corrected chi connectivity index (χ1v) is 6.24. The number of rotatable bonds is 7. The van der Waals surface area contributed by atoms with Gasteiger partial charge in [-0.05, 0) is 32.1 Å². The van der Waals surface area contributed by atoms with Gasteiger partial charge in [-0.2, -0.15) is 0 Å². The number of halogens is 1. The molecule has 0 bridgehead atoms. The number of ether oxygens (including phenoxy) is 1. The Kier molecular flexibility index (Phi) is 5.78. The third-order valence-corrected chi connectivity index (χ3v) is 2.88. The standard InChI is InChI=1S/C14H20FNO2/c1-4-16(5-2)8-9-18-14-10-12(15)6-7-13(14)11(3)17/h6-7,10H,4-5,8-9H2,1-3H3. The van der Waals surface area contributed by atoms with Crippen molar-refractivity contribution in [2.24, 2.45) is 0 Å². The van der Waals surface area contributed by atoms with E-state index in [1.54, 1.807) is 0 Å². The van der Waals surface area contributed by atoms with Crippen LogP contribution >= 0.6 is 0 Å². The monoisotopic (exact) mass is 253 g/mol. The van der Waals surface area contributed by atoms with E-state index in [-0.39, 0.29) is 5.78 Å². The minimum Gasteiger partial charge on any atom is -0.491 e. The molecule has 0 fully saturated rings. The van der Waals surface area contributed by atoms with Gasteiger partial charge in [0.1, 0.15) is 18.2 Å². The molecule has 0 N–H and O–H groups in total. The molecule has 0 aliphatic rings. The second-order valence-electron chi connectivity index (χ2n) is 4.07. The SMILES string of the molecule is CCN(CC)CCOc1cc(F)ccc1C(C)=O. The largest absolute Gasteiger partial charge is 0.491 e. The number of carbonyl (C=O) groups excluding carboxylic acids is 1.